The predicted octanol–water partition coefficient (Wildman–Crippen LogP) is 2.99. The highest BCUT2D eigenvalue weighted by Crippen LogP contribution is 2.34. The molecule has 182 valence electrons. The number of nitrogen functional groups attached to an aromatic ring is 1. The molecule has 3 aromatic rings. The van der Waals surface area contributed by atoms with Crippen molar-refractivity contribution in [2.45, 2.75) is 18.8 Å². The molecular formula is C26H30N6O3. The predicted molar refractivity (Wildman–Crippen MR) is 134 cm³/mol. The molecule has 2 saturated heterocycles. The summed E-state index contributed by atoms with van der Waals surface area (Å²) in [6.45, 7) is 4.19. The quantitative estimate of drug-likeness (QED) is 0.602. The van der Waals surface area contributed by atoms with E-state index in [1.807, 2.05) is 35.2 Å². The molecule has 5 rings (SSSR count). The van der Waals surface area contributed by atoms with Crippen LogP contribution in [0.2, 0.25) is 0 Å². The smallest absolute Gasteiger partial charge is 0.254 e. The van der Waals surface area contributed by atoms with Gasteiger partial charge in [0.1, 0.15) is 11.6 Å². The van der Waals surface area contributed by atoms with Crippen LogP contribution in [-0.4, -0.2) is 72.3 Å². The first kappa shape index (κ1) is 23.0. The topological polar surface area (TPSA) is 107 Å². The molecule has 2 aromatic heterocycles. The van der Waals surface area contributed by atoms with Crippen molar-refractivity contribution in [1.82, 2.24) is 19.9 Å². The van der Waals surface area contributed by atoms with E-state index in [-0.39, 0.29) is 17.8 Å². The Labute approximate surface area is 204 Å². The molecule has 0 spiro atoms. The molecule has 0 aliphatic carbocycles. The number of ether oxygens (including phenoxy) is 2. The molecule has 2 aliphatic rings. The molecule has 4 heterocycles. The maximum atomic E-state index is 13.5. The van der Waals surface area contributed by atoms with Crippen molar-refractivity contribution < 1.29 is 14.3 Å². The second-order valence-corrected chi connectivity index (χ2v) is 8.85. The molecule has 0 bridgehead atoms. The lowest BCUT2D eigenvalue weighted by atomic mass is 9.89. The lowest BCUT2D eigenvalue weighted by Crippen LogP contribution is -2.40. The molecule has 9 heteroatoms. The Bertz CT molecular complexity index is 1180. The zero-order valence-corrected chi connectivity index (χ0v) is 19.9. The van der Waals surface area contributed by atoms with Gasteiger partial charge in [0.05, 0.1) is 26.0 Å². The number of carbonyl (C=O) groups is 1. The van der Waals surface area contributed by atoms with Crippen LogP contribution in [0.15, 0.2) is 48.8 Å². The van der Waals surface area contributed by atoms with Gasteiger partial charge in [0.25, 0.3) is 5.91 Å². The van der Waals surface area contributed by atoms with Gasteiger partial charge >= 0.3 is 0 Å². The van der Waals surface area contributed by atoms with Gasteiger partial charge in [-0.2, -0.15) is 0 Å². The van der Waals surface area contributed by atoms with Crippen LogP contribution in [-0.2, 0) is 4.74 Å². The Balaban J connectivity index is 1.38. The van der Waals surface area contributed by atoms with Gasteiger partial charge in [-0.25, -0.2) is 15.0 Å². The van der Waals surface area contributed by atoms with Crippen molar-refractivity contribution in [2.24, 2.45) is 0 Å². The number of methoxy groups -OCH3 is 1. The molecule has 1 atom stereocenters. The first-order chi connectivity index (χ1) is 17.1. The second kappa shape index (κ2) is 10.3. The van der Waals surface area contributed by atoms with Crippen molar-refractivity contribution >= 4 is 17.7 Å². The summed E-state index contributed by atoms with van der Waals surface area (Å²) in [6.07, 6.45) is 5.31. The van der Waals surface area contributed by atoms with E-state index in [4.69, 9.17) is 15.2 Å². The number of hydrogen-bond donors (Lipinski definition) is 1. The third kappa shape index (κ3) is 5.05. The van der Waals surface area contributed by atoms with E-state index in [2.05, 4.69) is 19.9 Å². The second-order valence-electron chi connectivity index (χ2n) is 8.85. The van der Waals surface area contributed by atoms with Crippen LogP contribution in [0.1, 0.15) is 34.8 Å². The summed E-state index contributed by atoms with van der Waals surface area (Å²) in [5, 5.41) is 0. The van der Waals surface area contributed by atoms with Crippen LogP contribution in [0.4, 0.5) is 11.8 Å². The third-order valence-electron chi connectivity index (χ3n) is 6.66. The summed E-state index contributed by atoms with van der Waals surface area (Å²) >= 11 is 0. The number of nitrogens with zero attached hydrogens (tertiary/aromatic N) is 5. The number of morpholine rings is 1. The molecule has 9 nitrogen and oxygen atoms in total. The molecule has 2 aliphatic heterocycles. The van der Waals surface area contributed by atoms with Gasteiger partial charge in [-0.05, 0) is 42.7 Å². The molecule has 0 radical (unpaired) electrons. The molecular weight excluding hydrogens is 444 g/mol. The molecule has 1 amide bonds. The SMILES string of the molecule is COc1ccc(-c2cnc(N)nc2[C@@H]2CCCN(C(=O)c3ccnc(N4CCOCC4)c3)C2)cc1. The lowest BCUT2D eigenvalue weighted by molar-refractivity contribution is 0.0706. The average Bonchev–Trinajstić information content (AvgIpc) is 2.93. The highest BCUT2D eigenvalue weighted by atomic mass is 16.5. The summed E-state index contributed by atoms with van der Waals surface area (Å²) in [5.41, 5.74) is 9.44. The van der Waals surface area contributed by atoms with Crippen LogP contribution < -0.4 is 15.4 Å². The number of likely N-dealkylation sites (tertiary alicyclic amines) is 1. The van der Waals surface area contributed by atoms with Gasteiger partial charge < -0.3 is 25.0 Å². The molecule has 1 aromatic carbocycles. The first-order valence-electron chi connectivity index (χ1n) is 12.0. The highest BCUT2D eigenvalue weighted by molar-refractivity contribution is 5.95. The van der Waals surface area contributed by atoms with Gasteiger partial charge in [0, 0.05) is 55.6 Å². The number of amides is 1. The van der Waals surface area contributed by atoms with E-state index < -0.39 is 0 Å². The Hall–Kier alpha value is -3.72. The minimum atomic E-state index is 0.0136. The zero-order valence-electron chi connectivity index (χ0n) is 19.9. The largest absolute Gasteiger partial charge is 0.497 e. The number of piperidine rings is 1. The van der Waals surface area contributed by atoms with Crippen molar-refractivity contribution in [2.75, 3.05) is 57.1 Å². The molecule has 0 saturated carbocycles. The summed E-state index contributed by atoms with van der Waals surface area (Å²) in [6, 6.07) is 11.5. The van der Waals surface area contributed by atoms with E-state index in [1.54, 1.807) is 25.6 Å². The number of nitrogens with two attached hydrogens (primary N) is 1. The third-order valence-corrected chi connectivity index (χ3v) is 6.66. The fourth-order valence-electron chi connectivity index (χ4n) is 4.80. The number of pyridine rings is 1. The van der Waals surface area contributed by atoms with Crippen molar-refractivity contribution in [3.63, 3.8) is 0 Å². The van der Waals surface area contributed by atoms with Crippen molar-refractivity contribution in [3.8, 4) is 16.9 Å². The van der Waals surface area contributed by atoms with Gasteiger partial charge in [-0.1, -0.05) is 12.1 Å². The highest BCUT2D eigenvalue weighted by Gasteiger charge is 2.29. The van der Waals surface area contributed by atoms with Crippen molar-refractivity contribution in [1.29, 1.82) is 0 Å². The number of carbonyl (C=O) groups excluding carboxylic acids is 1. The van der Waals surface area contributed by atoms with Gasteiger partial charge in [0.2, 0.25) is 5.95 Å². The molecule has 0 unspecified atom stereocenters. The number of hydrogen-bond acceptors (Lipinski definition) is 8. The molecule has 2 N–H and O–H groups in total. The van der Waals surface area contributed by atoms with E-state index in [0.29, 0.717) is 31.9 Å². The van der Waals surface area contributed by atoms with Crippen LogP contribution in [0.5, 0.6) is 5.75 Å². The lowest BCUT2D eigenvalue weighted by Gasteiger charge is -2.33. The van der Waals surface area contributed by atoms with Crippen LogP contribution in [0, 0.1) is 0 Å². The molecule has 35 heavy (non-hydrogen) atoms. The van der Waals surface area contributed by atoms with Crippen LogP contribution in [0.3, 0.4) is 0 Å². The Morgan fingerprint density at radius 3 is 2.69 bits per heavy atom. The summed E-state index contributed by atoms with van der Waals surface area (Å²) in [4.78, 5) is 30.9. The van der Waals surface area contributed by atoms with Crippen molar-refractivity contribution in [3.05, 3.63) is 60.0 Å². The average molecular weight is 475 g/mol. The normalized spacial score (nSPS) is 18.4. The fraction of sp³-hybridized carbons (Fsp3) is 0.385. The Morgan fingerprint density at radius 2 is 1.91 bits per heavy atom. The van der Waals surface area contributed by atoms with E-state index in [9.17, 15) is 4.79 Å². The monoisotopic (exact) mass is 474 g/mol. The Kier molecular flexibility index (Phi) is 6.76. The number of anilines is 2. The van der Waals surface area contributed by atoms with Gasteiger partial charge in [-0.15, -0.1) is 0 Å². The number of benzene rings is 1. The number of aromatic nitrogens is 3. The number of rotatable bonds is 5. The van der Waals surface area contributed by atoms with Crippen LogP contribution >= 0.6 is 0 Å². The van der Waals surface area contributed by atoms with E-state index in [1.165, 1.54) is 0 Å². The maximum Gasteiger partial charge on any atom is 0.254 e. The van der Waals surface area contributed by atoms with Crippen LogP contribution in [0.25, 0.3) is 11.1 Å². The summed E-state index contributed by atoms with van der Waals surface area (Å²) in [5.74, 6) is 1.92. The van der Waals surface area contributed by atoms with E-state index in [0.717, 1.165) is 54.3 Å². The zero-order chi connectivity index (χ0) is 24.2. The summed E-state index contributed by atoms with van der Waals surface area (Å²) in [7, 11) is 1.65. The van der Waals surface area contributed by atoms with Gasteiger partial charge in [0.15, 0.2) is 0 Å². The molecule has 2 fully saturated rings. The van der Waals surface area contributed by atoms with Gasteiger partial charge in [-0.3, -0.25) is 4.79 Å². The minimum Gasteiger partial charge on any atom is -0.497 e. The maximum absolute atomic E-state index is 13.5. The standard InChI is InChI=1S/C26H30N6O3/c1-34-21-6-4-18(5-7-21)22-16-29-26(27)30-24(22)20-3-2-10-32(17-20)25(33)19-8-9-28-23(15-19)31-11-13-35-14-12-31/h4-9,15-16,20H,2-3,10-14,17H2,1H3,(H2,27,29,30)/t20-/m1/s1. The first-order valence-corrected chi connectivity index (χ1v) is 12.0. The minimum absolute atomic E-state index is 0.0136. The van der Waals surface area contributed by atoms with E-state index >= 15 is 0 Å². The summed E-state index contributed by atoms with van der Waals surface area (Å²) < 4.78 is 10.7. The fourth-order valence-corrected chi connectivity index (χ4v) is 4.80. The Morgan fingerprint density at radius 1 is 1.11 bits per heavy atom.